The lowest BCUT2D eigenvalue weighted by Gasteiger charge is -2.05. The summed E-state index contributed by atoms with van der Waals surface area (Å²) >= 11 is 0. The Balaban J connectivity index is 3.67. The standard InChI is InChI=1S/C5H14N3O4P/c1-2-3-4-7-5(6)8-12-13(9,10)11/h2-4H2,1H3,(H3,6,7,8)(H2,9,10,11). The van der Waals surface area contributed by atoms with Gasteiger partial charge in [0, 0.05) is 6.54 Å². The minimum absolute atomic E-state index is 0.142. The largest absolute Gasteiger partial charge is 0.491 e. The second-order valence-corrected chi connectivity index (χ2v) is 3.47. The van der Waals surface area contributed by atoms with E-state index in [1.807, 2.05) is 12.4 Å². The molecule has 0 aliphatic rings. The topological polar surface area (TPSA) is 117 Å². The van der Waals surface area contributed by atoms with Gasteiger partial charge in [0.1, 0.15) is 0 Å². The van der Waals surface area contributed by atoms with Gasteiger partial charge in [-0.1, -0.05) is 13.3 Å². The molecule has 0 aliphatic heterocycles. The van der Waals surface area contributed by atoms with Gasteiger partial charge in [-0.25, -0.2) is 10.0 Å². The lowest BCUT2D eigenvalue weighted by molar-refractivity contribution is 0.163. The molecule has 0 saturated heterocycles. The summed E-state index contributed by atoms with van der Waals surface area (Å²) in [6, 6.07) is 0. The van der Waals surface area contributed by atoms with Gasteiger partial charge < -0.3 is 15.5 Å². The Hall–Kier alpha value is -0.620. The van der Waals surface area contributed by atoms with Crippen LogP contribution in [0.5, 0.6) is 0 Å². The van der Waals surface area contributed by atoms with Crippen LogP contribution in [0.25, 0.3) is 0 Å². The van der Waals surface area contributed by atoms with Gasteiger partial charge in [-0.2, -0.15) is 4.62 Å². The van der Waals surface area contributed by atoms with Crippen molar-refractivity contribution in [3.63, 3.8) is 0 Å². The Morgan fingerprint density at radius 3 is 2.77 bits per heavy atom. The second-order valence-electron chi connectivity index (χ2n) is 2.30. The number of phosphoric acid groups is 1. The third-order valence-corrected chi connectivity index (χ3v) is 1.39. The third kappa shape index (κ3) is 9.29. The van der Waals surface area contributed by atoms with E-state index in [0.29, 0.717) is 6.54 Å². The molecule has 0 atom stereocenters. The number of guanidine groups is 1. The van der Waals surface area contributed by atoms with E-state index in [0.717, 1.165) is 12.8 Å². The number of aliphatic imine (C=N–C) groups is 1. The maximum absolute atomic E-state index is 10.2. The second kappa shape index (κ2) is 5.93. The number of hydroxylamine groups is 1. The molecule has 0 bridgehead atoms. The zero-order valence-electron chi connectivity index (χ0n) is 7.30. The SMILES string of the molecule is CCCCN=C(N)NOP(=O)(O)O. The van der Waals surface area contributed by atoms with E-state index in [1.54, 1.807) is 0 Å². The summed E-state index contributed by atoms with van der Waals surface area (Å²) in [4.78, 5) is 20.2. The average Bonchev–Trinajstić information content (AvgIpc) is 2.00. The molecule has 0 aromatic rings. The summed E-state index contributed by atoms with van der Waals surface area (Å²) in [6.07, 6.45) is 1.83. The monoisotopic (exact) mass is 211 g/mol. The smallest absolute Gasteiger partial charge is 0.368 e. The highest BCUT2D eigenvalue weighted by Gasteiger charge is 2.14. The predicted molar refractivity (Wildman–Crippen MR) is 47.7 cm³/mol. The van der Waals surface area contributed by atoms with Crippen LogP contribution in [-0.4, -0.2) is 22.3 Å². The first-order valence-electron chi connectivity index (χ1n) is 3.75. The van der Waals surface area contributed by atoms with Gasteiger partial charge in [-0.3, -0.25) is 4.99 Å². The molecule has 0 saturated carbocycles. The van der Waals surface area contributed by atoms with E-state index in [1.165, 1.54) is 0 Å². The number of nitrogens with zero attached hydrogens (tertiary/aromatic N) is 1. The van der Waals surface area contributed by atoms with Crippen LogP contribution in [0.2, 0.25) is 0 Å². The predicted octanol–water partition coefficient (Wildman–Crippen LogP) is -0.285. The molecule has 8 heteroatoms. The first-order valence-corrected chi connectivity index (χ1v) is 5.29. The highest BCUT2D eigenvalue weighted by Crippen LogP contribution is 2.33. The van der Waals surface area contributed by atoms with Gasteiger partial charge in [-0.15, -0.1) is 0 Å². The Labute approximate surface area is 76.2 Å². The van der Waals surface area contributed by atoms with Gasteiger partial charge >= 0.3 is 7.82 Å². The normalized spacial score (nSPS) is 13.0. The van der Waals surface area contributed by atoms with Gasteiger partial charge in [-0.05, 0) is 6.42 Å². The van der Waals surface area contributed by atoms with Crippen LogP contribution >= 0.6 is 7.82 Å². The first-order chi connectivity index (χ1) is 5.95. The zero-order chi connectivity index (χ0) is 10.3. The number of nitrogens with one attached hydrogen (secondary N) is 1. The molecule has 0 aliphatic carbocycles. The van der Waals surface area contributed by atoms with Crippen molar-refractivity contribution in [3.05, 3.63) is 0 Å². The Morgan fingerprint density at radius 2 is 2.31 bits per heavy atom. The number of hydrogen-bond donors (Lipinski definition) is 4. The van der Waals surface area contributed by atoms with Crippen LogP contribution in [0.15, 0.2) is 4.99 Å². The van der Waals surface area contributed by atoms with Crippen LogP contribution < -0.4 is 11.2 Å². The van der Waals surface area contributed by atoms with Crippen molar-refractivity contribution in [2.75, 3.05) is 6.54 Å². The minimum atomic E-state index is -4.53. The molecule has 0 heterocycles. The van der Waals surface area contributed by atoms with E-state index in [2.05, 4.69) is 9.62 Å². The average molecular weight is 211 g/mol. The molecule has 0 radical (unpaired) electrons. The molecule has 78 valence electrons. The fourth-order valence-corrected chi connectivity index (χ4v) is 0.709. The molecule has 0 fully saturated rings. The van der Waals surface area contributed by atoms with Crippen molar-refractivity contribution in [2.24, 2.45) is 10.7 Å². The van der Waals surface area contributed by atoms with E-state index in [-0.39, 0.29) is 5.96 Å². The summed E-state index contributed by atoms with van der Waals surface area (Å²) in [5, 5.41) is 0. The molecular formula is C5H14N3O4P. The van der Waals surface area contributed by atoms with Gasteiger partial charge in [0.05, 0.1) is 0 Å². The van der Waals surface area contributed by atoms with E-state index >= 15 is 0 Å². The lowest BCUT2D eigenvalue weighted by atomic mass is 10.3. The molecule has 0 unspecified atom stereocenters. The molecule has 13 heavy (non-hydrogen) atoms. The Kier molecular flexibility index (Phi) is 5.65. The quantitative estimate of drug-likeness (QED) is 0.163. The number of nitrogens with two attached hydrogens (primary N) is 1. The summed E-state index contributed by atoms with van der Waals surface area (Å²) in [5.41, 5.74) is 7.04. The zero-order valence-corrected chi connectivity index (χ0v) is 8.20. The molecule has 5 N–H and O–H groups in total. The molecule has 0 rings (SSSR count). The molecule has 0 spiro atoms. The molecule has 0 aromatic carbocycles. The van der Waals surface area contributed by atoms with Crippen molar-refractivity contribution in [2.45, 2.75) is 19.8 Å². The highest BCUT2D eigenvalue weighted by atomic mass is 31.2. The maximum atomic E-state index is 10.2. The third-order valence-electron chi connectivity index (χ3n) is 1.06. The van der Waals surface area contributed by atoms with E-state index in [9.17, 15) is 4.57 Å². The number of rotatable bonds is 5. The fraction of sp³-hybridized carbons (Fsp3) is 0.800. The summed E-state index contributed by atoms with van der Waals surface area (Å²) in [7, 11) is -4.53. The minimum Gasteiger partial charge on any atom is -0.368 e. The summed E-state index contributed by atoms with van der Waals surface area (Å²) in [5.74, 6) is -0.142. The molecule has 0 aromatic heterocycles. The van der Waals surface area contributed by atoms with Crippen molar-refractivity contribution < 1.29 is 19.0 Å². The summed E-state index contributed by atoms with van der Waals surface area (Å²) < 4.78 is 14.0. The van der Waals surface area contributed by atoms with E-state index in [4.69, 9.17) is 15.5 Å². The van der Waals surface area contributed by atoms with Crippen molar-refractivity contribution >= 4 is 13.8 Å². The highest BCUT2D eigenvalue weighted by molar-refractivity contribution is 7.46. The first kappa shape index (κ1) is 12.4. The van der Waals surface area contributed by atoms with Crippen LogP contribution in [0.1, 0.15) is 19.8 Å². The molecule has 7 nitrogen and oxygen atoms in total. The van der Waals surface area contributed by atoms with Crippen LogP contribution in [-0.2, 0) is 9.19 Å². The maximum Gasteiger partial charge on any atom is 0.491 e. The Bertz CT molecular complexity index is 214. The van der Waals surface area contributed by atoms with E-state index < -0.39 is 7.82 Å². The fourth-order valence-electron chi connectivity index (χ4n) is 0.496. The number of hydrogen-bond acceptors (Lipinski definition) is 3. The van der Waals surface area contributed by atoms with Gasteiger partial charge in [0.25, 0.3) is 0 Å². The molecule has 0 amide bonds. The van der Waals surface area contributed by atoms with Crippen molar-refractivity contribution in [3.8, 4) is 0 Å². The number of unbranched alkanes of at least 4 members (excludes halogenated alkanes) is 1. The lowest BCUT2D eigenvalue weighted by Crippen LogP contribution is -2.31. The van der Waals surface area contributed by atoms with Crippen LogP contribution in [0, 0.1) is 0 Å². The Morgan fingerprint density at radius 1 is 1.69 bits per heavy atom. The van der Waals surface area contributed by atoms with Gasteiger partial charge in [0.2, 0.25) is 5.96 Å². The molecular weight excluding hydrogens is 197 g/mol. The van der Waals surface area contributed by atoms with Crippen molar-refractivity contribution in [1.82, 2.24) is 5.48 Å². The van der Waals surface area contributed by atoms with Crippen LogP contribution in [0.3, 0.4) is 0 Å². The van der Waals surface area contributed by atoms with Gasteiger partial charge in [0.15, 0.2) is 0 Å². The van der Waals surface area contributed by atoms with Crippen molar-refractivity contribution in [1.29, 1.82) is 0 Å². The summed E-state index contributed by atoms with van der Waals surface area (Å²) in [6.45, 7) is 2.49. The van der Waals surface area contributed by atoms with Crippen LogP contribution in [0.4, 0.5) is 0 Å².